The fraction of sp³-hybridized carbons (Fsp3) is 0.540. The van der Waals surface area contributed by atoms with Crippen molar-refractivity contribution in [1.82, 2.24) is 36.1 Å². The maximum atomic E-state index is 12.7. The Hall–Kier alpha value is -5.32. The summed E-state index contributed by atoms with van der Waals surface area (Å²) in [5.74, 6) is 1.10. The molecule has 6 amide bonds. The largest absolute Gasteiger partial charge is 0.379 e. The third-order valence-electron chi connectivity index (χ3n) is 11.7. The van der Waals surface area contributed by atoms with Gasteiger partial charge in [0.25, 0.3) is 0 Å². The molecule has 3 heterocycles. The minimum Gasteiger partial charge on any atom is -0.379 e. The van der Waals surface area contributed by atoms with Crippen molar-refractivity contribution in [2.24, 2.45) is 11.7 Å². The monoisotopic (exact) mass is 1070 g/mol. The topological polar surface area (TPSA) is 252 Å². The van der Waals surface area contributed by atoms with Crippen LogP contribution in [0.5, 0.6) is 0 Å². The van der Waals surface area contributed by atoms with E-state index >= 15 is 0 Å². The molecule has 0 radical (unpaired) electrons. The number of amides is 6. The van der Waals surface area contributed by atoms with Crippen LogP contribution >= 0.6 is 27.7 Å². The van der Waals surface area contributed by atoms with Gasteiger partial charge in [0.1, 0.15) is 18.0 Å². The average molecular weight is 1070 g/mol. The second-order valence-corrected chi connectivity index (χ2v) is 19.7. The third kappa shape index (κ3) is 23.2. The van der Waals surface area contributed by atoms with Crippen LogP contribution in [0.3, 0.4) is 0 Å². The van der Waals surface area contributed by atoms with E-state index in [-0.39, 0.29) is 48.2 Å². The molecule has 2 saturated heterocycles. The first-order valence-corrected chi connectivity index (χ1v) is 26.5. The number of carbonyl (C=O) groups is 5. The van der Waals surface area contributed by atoms with Gasteiger partial charge in [-0.2, -0.15) is 11.8 Å². The van der Waals surface area contributed by atoms with E-state index in [9.17, 15) is 24.0 Å². The number of halogens is 1. The van der Waals surface area contributed by atoms with Crippen LogP contribution in [0.15, 0.2) is 77.5 Å². The summed E-state index contributed by atoms with van der Waals surface area (Å²) in [6.45, 7) is 5.22. The minimum atomic E-state index is -0.395. The van der Waals surface area contributed by atoms with Crippen LogP contribution in [0.4, 0.5) is 33.5 Å². The van der Waals surface area contributed by atoms with E-state index in [2.05, 4.69) is 68.0 Å². The smallest absolute Gasteiger partial charge is 0.315 e. The summed E-state index contributed by atoms with van der Waals surface area (Å²) in [7, 11) is 1.97. The molecule has 0 bridgehead atoms. The van der Waals surface area contributed by atoms with Gasteiger partial charge in [0.15, 0.2) is 0 Å². The standard InChI is InChI=1S/C50H72BrN11O8S/c1-62(24-8-18-47(65)59-40-15-7-14-39(32-40)58-44-33-43(55-35-56-44)57-38-13-6-12-37(51)31-38)23-5-4-11-36(49(52)66)19-20-46(64)54-22-10-26-69-28-30-70-29-27-68-25-9-21-53-45(63)17-3-2-16-42-48-41(34-71-42)60-50(67)61-48/h6-8,12-15,18,31-33,35-36,41-42,48H,2-5,9-11,16-17,19-30,34H2,1H3,(H2,52,66)(H,53,63)(H,54,64)(H,59,65)(H2,60,61,67)(H2,55,56,57,58)/b18-8+/t36?,41-,42-,48-/m0/s1. The molecule has 0 spiro atoms. The molecule has 2 aromatic carbocycles. The lowest BCUT2D eigenvalue weighted by Gasteiger charge is -2.16. The van der Waals surface area contributed by atoms with Gasteiger partial charge >= 0.3 is 6.03 Å². The molecule has 0 aliphatic carbocycles. The summed E-state index contributed by atoms with van der Waals surface area (Å²) in [6, 6.07) is 17.3. The highest BCUT2D eigenvalue weighted by atomic mass is 79.9. The number of unbranched alkanes of at least 4 members (excludes halogenated alkanes) is 2. The molecular weight excluding hydrogens is 995 g/mol. The van der Waals surface area contributed by atoms with E-state index in [1.54, 1.807) is 6.07 Å². The number of benzene rings is 2. The molecular formula is C50H72BrN11O8S. The predicted molar refractivity (Wildman–Crippen MR) is 282 cm³/mol. The van der Waals surface area contributed by atoms with Gasteiger partial charge in [-0.1, -0.05) is 47.0 Å². The van der Waals surface area contributed by atoms with Gasteiger partial charge in [-0.05, 0) is 94.9 Å². The van der Waals surface area contributed by atoms with E-state index in [4.69, 9.17) is 19.9 Å². The molecule has 1 unspecified atom stereocenters. The molecule has 5 rings (SSSR count). The van der Waals surface area contributed by atoms with Crippen LogP contribution in [0.2, 0.25) is 0 Å². The van der Waals surface area contributed by atoms with Crippen molar-refractivity contribution in [2.75, 3.05) is 94.6 Å². The highest BCUT2D eigenvalue weighted by molar-refractivity contribution is 9.10. The van der Waals surface area contributed by atoms with Gasteiger partial charge < -0.3 is 62.1 Å². The summed E-state index contributed by atoms with van der Waals surface area (Å²) in [5.41, 5.74) is 7.95. The van der Waals surface area contributed by atoms with Crippen LogP contribution in [0.25, 0.3) is 0 Å². The van der Waals surface area contributed by atoms with Gasteiger partial charge in [0.05, 0.1) is 38.5 Å². The molecule has 388 valence electrons. The zero-order valence-electron chi connectivity index (χ0n) is 40.8. The second kappa shape index (κ2) is 32.6. The lowest BCUT2D eigenvalue weighted by molar-refractivity contribution is -0.124. The Labute approximate surface area is 430 Å². The fourth-order valence-electron chi connectivity index (χ4n) is 7.95. The normalized spacial score (nSPS) is 16.5. The van der Waals surface area contributed by atoms with Gasteiger partial charge in [-0.3, -0.25) is 19.2 Å². The molecule has 1 aromatic heterocycles. The van der Waals surface area contributed by atoms with Gasteiger partial charge in [-0.15, -0.1) is 0 Å². The Morgan fingerprint density at radius 2 is 1.45 bits per heavy atom. The number of hydrogen-bond donors (Lipinski definition) is 8. The zero-order valence-corrected chi connectivity index (χ0v) is 43.2. The van der Waals surface area contributed by atoms with E-state index in [1.807, 2.05) is 73.4 Å². The second-order valence-electron chi connectivity index (χ2n) is 17.5. The van der Waals surface area contributed by atoms with Crippen LogP contribution in [-0.4, -0.2) is 140 Å². The predicted octanol–water partition coefficient (Wildman–Crippen LogP) is 5.99. The van der Waals surface area contributed by atoms with Crippen LogP contribution in [-0.2, 0) is 33.4 Å². The van der Waals surface area contributed by atoms with Crippen molar-refractivity contribution in [3.05, 3.63) is 77.5 Å². The number of nitrogens with one attached hydrogen (secondary N) is 7. The van der Waals surface area contributed by atoms with Crippen molar-refractivity contribution in [2.45, 2.75) is 88.0 Å². The number of fused-ring (bicyclic) bond motifs is 1. The summed E-state index contributed by atoms with van der Waals surface area (Å²) in [4.78, 5) is 71.6. The van der Waals surface area contributed by atoms with E-state index in [1.165, 1.54) is 12.4 Å². The van der Waals surface area contributed by atoms with Crippen molar-refractivity contribution < 1.29 is 38.2 Å². The van der Waals surface area contributed by atoms with Crippen molar-refractivity contribution in [1.29, 1.82) is 0 Å². The maximum Gasteiger partial charge on any atom is 0.315 e. The maximum absolute atomic E-state index is 12.7. The number of hydrogen-bond acceptors (Lipinski definition) is 14. The zero-order chi connectivity index (χ0) is 50.5. The molecule has 19 nitrogen and oxygen atoms in total. The van der Waals surface area contributed by atoms with Crippen LogP contribution in [0.1, 0.15) is 70.6 Å². The molecule has 9 N–H and O–H groups in total. The summed E-state index contributed by atoms with van der Waals surface area (Å²) >= 11 is 5.37. The quantitative estimate of drug-likeness (QED) is 0.0189. The molecule has 3 aromatic rings. The van der Waals surface area contributed by atoms with Crippen LogP contribution < -0.4 is 43.0 Å². The van der Waals surface area contributed by atoms with Crippen molar-refractivity contribution in [3.8, 4) is 0 Å². The van der Waals surface area contributed by atoms with E-state index < -0.39 is 5.91 Å². The van der Waals surface area contributed by atoms with Crippen molar-refractivity contribution >= 4 is 86.0 Å². The number of primary amides is 1. The lowest BCUT2D eigenvalue weighted by atomic mass is 9.95. The highest BCUT2D eigenvalue weighted by Crippen LogP contribution is 2.33. The van der Waals surface area contributed by atoms with E-state index in [0.717, 1.165) is 66.7 Å². The highest BCUT2D eigenvalue weighted by Gasteiger charge is 2.42. The summed E-state index contributed by atoms with van der Waals surface area (Å²) < 4.78 is 17.7. The minimum absolute atomic E-state index is 0.0597. The number of aromatic nitrogens is 2. The number of nitrogens with two attached hydrogens (primary N) is 1. The Morgan fingerprint density at radius 1 is 0.803 bits per heavy atom. The lowest BCUT2D eigenvalue weighted by Crippen LogP contribution is -2.36. The summed E-state index contributed by atoms with van der Waals surface area (Å²) in [6.07, 6.45) is 12.4. The summed E-state index contributed by atoms with van der Waals surface area (Å²) in [5, 5.41) is 21.6. The molecule has 2 fully saturated rings. The molecule has 2 aliphatic heterocycles. The number of thioether (sulfide) groups is 1. The van der Waals surface area contributed by atoms with Gasteiger partial charge in [0, 0.05) is 96.3 Å². The number of carbonyl (C=O) groups excluding carboxylic acids is 5. The first kappa shape index (κ1) is 56.6. The molecule has 4 atom stereocenters. The Kier molecular flexibility index (Phi) is 26.0. The van der Waals surface area contributed by atoms with Crippen LogP contribution in [0, 0.1) is 5.92 Å². The number of ether oxygens (including phenoxy) is 3. The van der Waals surface area contributed by atoms with E-state index in [0.29, 0.717) is 108 Å². The average Bonchev–Trinajstić information content (AvgIpc) is 3.90. The SMILES string of the molecule is CN(C/C=C/C(=O)Nc1cccc(Nc2cc(Nc3cccc(Br)c3)ncn2)c1)CCCCC(CCC(=O)NCCCOCCOCCOCCCNC(=O)CCCC[C@@H]1SC[C@@H]2NC(=O)N[C@@H]21)C(N)=O. The number of likely N-dealkylation sites (N-methyl/N-ethyl adjacent to an activating group) is 1. The van der Waals surface area contributed by atoms with Gasteiger partial charge in [0.2, 0.25) is 23.6 Å². The van der Waals surface area contributed by atoms with Crippen molar-refractivity contribution in [3.63, 3.8) is 0 Å². The first-order valence-electron chi connectivity index (χ1n) is 24.6. The number of nitrogens with zero attached hydrogens (tertiary/aromatic N) is 3. The number of urea groups is 1. The Morgan fingerprint density at radius 3 is 2.14 bits per heavy atom. The molecule has 2 aliphatic rings. The molecule has 71 heavy (non-hydrogen) atoms. The number of anilines is 5. The first-order chi connectivity index (χ1) is 34.5. The fourth-order valence-corrected chi connectivity index (χ4v) is 9.89. The Bertz CT molecular complexity index is 2160. The molecule has 0 saturated carbocycles. The molecule has 21 heteroatoms. The third-order valence-corrected chi connectivity index (χ3v) is 13.7. The number of rotatable bonds is 36. The van der Waals surface area contributed by atoms with Gasteiger partial charge in [-0.25, -0.2) is 14.8 Å². The Balaban J connectivity index is 0.789.